The summed E-state index contributed by atoms with van der Waals surface area (Å²) in [4.78, 5) is 12.9. The number of rotatable bonds is 8. The first kappa shape index (κ1) is 31.1. The van der Waals surface area contributed by atoms with Crippen molar-refractivity contribution in [1.29, 1.82) is 0 Å². The Hall–Kier alpha value is -4.49. The van der Waals surface area contributed by atoms with Gasteiger partial charge in [-0.1, -0.05) is 30.3 Å². The zero-order chi connectivity index (χ0) is 32.4. The zero-order valence-corrected chi connectivity index (χ0v) is 26.3. The molecule has 242 valence electrons. The van der Waals surface area contributed by atoms with Crippen molar-refractivity contribution in [3.05, 3.63) is 102 Å². The number of pyridine rings is 2. The Labute approximate surface area is 271 Å². The van der Waals surface area contributed by atoms with E-state index in [2.05, 4.69) is 43.9 Å². The van der Waals surface area contributed by atoms with Crippen LogP contribution in [0, 0.1) is 11.6 Å². The molecule has 0 spiro atoms. The van der Waals surface area contributed by atoms with Crippen LogP contribution in [0.25, 0.3) is 33.2 Å². The van der Waals surface area contributed by atoms with Gasteiger partial charge in [0, 0.05) is 62.1 Å². The predicted molar refractivity (Wildman–Crippen MR) is 177 cm³/mol. The molecule has 7 rings (SSSR count). The van der Waals surface area contributed by atoms with Crippen LogP contribution in [0.4, 0.5) is 20.3 Å². The molecule has 2 aliphatic rings. The molecule has 0 saturated carbocycles. The van der Waals surface area contributed by atoms with Crippen LogP contribution in [0.3, 0.4) is 0 Å². The van der Waals surface area contributed by atoms with Gasteiger partial charge in [-0.25, -0.2) is 22.2 Å². The Morgan fingerprint density at radius 2 is 1.49 bits per heavy atom. The molecule has 0 unspecified atom stereocenters. The minimum absolute atomic E-state index is 0.176. The number of fused-ring (bicyclic) bond motifs is 1. The Morgan fingerprint density at radius 1 is 0.766 bits per heavy atom. The highest BCUT2D eigenvalue weighted by atomic mass is 32.2. The fourth-order valence-electron chi connectivity index (χ4n) is 6.00. The Morgan fingerprint density at radius 3 is 2.23 bits per heavy atom. The molecular formula is C35H33F2N5O4S. The lowest BCUT2D eigenvalue weighted by molar-refractivity contribution is 0.0342. The number of hydrogen-bond acceptors (Lipinski definition) is 8. The average molecular weight is 658 g/mol. The summed E-state index contributed by atoms with van der Waals surface area (Å²) in [6.45, 7) is 6.16. The first-order valence-electron chi connectivity index (χ1n) is 15.4. The highest BCUT2D eigenvalue weighted by molar-refractivity contribution is 7.92. The molecule has 5 aromatic rings. The Kier molecular flexibility index (Phi) is 8.82. The number of nitrogens with zero attached hydrogens (tertiary/aromatic N) is 4. The quantitative estimate of drug-likeness (QED) is 0.227. The van der Waals surface area contributed by atoms with Crippen LogP contribution in [0.5, 0.6) is 0 Å². The maximum Gasteiger partial charge on any atom is 0.264 e. The molecule has 3 aromatic carbocycles. The monoisotopic (exact) mass is 657 g/mol. The number of sulfonamides is 1. The largest absolute Gasteiger partial charge is 0.379 e. The Bertz CT molecular complexity index is 2020. The van der Waals surface area contributed by atoms with Crippen molar-refractivity contribution in [2.45, 2.75) is 11.4 Å². The van der Waals surface area contributed by atoms with Crippen molar-refractivity contribution < 1.29 is 26.7 Å². The molecule has 0 bridgehead atoms. The summed E-state index contributed by atoms with van der Waals surface area (Å²) in [5.41, 5.74) is 5.74. The minimum atomic E-state index is -4.42. The molecule has 2 aliphatic heterocycles. The van der Waals surface area contributed by atoms with E-state index in [9.17, 15) is 17.2 Å². The summed E-state index contributed by atoms with van der Waals surface area (Å²) < 4.78 is 68.4. The molecule has 12 heteroatoms. The normalized spacial score (nSPS) is 16.0. The van der Waals surface area contributed by atoms with Crippen molar-refractivity contribution in [2.24, 2.45) is 0 Å². The van der Waals surface area contributed by atoms with Gasteiger partial charge in [-0.3, -0.25) is 14.6 Å². The van der Waals surface area contributed by atoms with E-state index in [0.717, 1.165) is 72.6 Å². The molecule has 47 heavy (non-hydrogen) atoms. The summed E-state index contributed by atoms with van der Waals surface area (Å²) >= 11 is 0. The number of morpholine rings is 2. The van der Waals surface area contributed by atoms with Crippen molar-refractivity contribution in [2.75, 3.05) is 62.2 Å². The van der Waals surface area contributed by atoms with Gasteiger partial charge in [-0.2, -0.15) is 0 Å². The third-order valence-corrected chi connectivity index (χ3v) is 9.85. The number of ether oxygens (including phenoxy) is 2. The van der Waals surface area contributed by atoms with Gasteiger partial charge >= 0.3 is 0 Å². The van der Waals surface area contributed by atoms with Gasteiger partial charge in [0.1, 0.15) is 16.5 Å². The smallest absolute Gasteiger partial charge is 0.264 e. The fraction of sp³-hybridized carbons (Fsp3) is 0.257. The molecule has 0 aliphatic carbocycles. The van der Waals surface area contributed by atoms with E-state index in [1.807, 2.05) is 29.2 Å². The molecule has 4 heterocycles. The van der Waals surface area contributed by atoms with Gasteiger partial charge in [0.15, 0.2) is 5.82 Å². The van der Waals surface area contributed by atoms with Crippen molar-refractivity contribution in [3.8, 4) is 22.3 Å². The number of benzene rings is 3. The summed E-state index contributed by atoms with van der Waals surface area (Å²) in [6, 6.07) is 20.4. The van der Waals surface area contributed by atoms with Crippen molar-refractivity contribution in [3.63, 3.8) is 0 Å². The van der Waals surface area contributed by atoms with Crippen LogP contribution >= 0.6 is 0 Å². The van der Waals surface area contributed by atoms with E-state index in [-0.39, 0.29) is 5.69 Å². The molecule has 1 N–H and O–H groups in total. The van der Waals surface area contributed by atoms with E-state index in [4.69, 9.17) is 9.47 Å². The summed E-state index contributed by atoms with van der Waals surface area (Å²) in [5, 5.41) is 0.929. The molecule has 0 amide bonds. The van der Waals surface area contributed by atoms with Gasteiger partial charge in [0.2, 0.25) is 0 Å². The number of hydrogen-bond donors (Lipinski definition) is 1. The van der Waals surface area contributed by atoms with E-state index in [0.29, 0.717) is 43.8 Å². The lowest BCUT2D eigenvalue weighted by Gasteiger charge is -2.29. The molecule has 9 nitrogen and oxygen atoms in total. The second-order valence-corrected chi connectivity index (χ2v) is 13.2. The molecular weight excluding hydrogens is 624 g/mol. The number of aromatic nitrogens is 2. The maximum atomic E-state index is 14.6. The first-order valence-corrected chi connectivity index (χ1v) is 16.9. The van der Waals surface area contributed by atoms with Crippen LogP contribution in [0.1, 0.15) is 5.56 Å². The third-order valence-electron chi connectivity index (χ3n) is 8.45. The van der Waals surface area contributed by atoms with E-state index < -0.39 is 26.6 Å². The fourth-order valence-corrected chi connectivity index (χ4v) is 7.11. The van der Waals surface area contributed by atoms with Crippen molar-refractivity contribution >= 4 is 32.4 Å². The molecule has 2 aromatic heterocycles. The molecule has 2 saturated heterocycles. The SMILES string of the molecule is O=S(=O)(Nc1cc(-c2ccc3nccc(-c4ccc(CN5CCOCC5)cc4)c3c2)cnc1N1CCOCC1)c1ccc(F)cc1F. The standard InChI is InChI=1S/C35H33F2N5O4S/c36-28-6-8-34(31(37)21-28)47(43,44)40-33-20-27(22-39-35(33)42-13-17-46-18-14-42)26-5-7-32-30(19-26)29(9-10-38-32)25-3-1-24(2-4-25)23-41-11-15-45-16-12-41/h1-10,19-22,40H,11-18,23H2. The number of nitrogens with one attached hydrogen (secondary N) is 1. The van der Waals surface area contributed by atoms with Crippen LogP contribution in [-0.4, -0.2) is 75.9 Å². The van der Waals surface area contributed by atoms with Gasteiger partial charge in [-0.15, -0.1) is 0 Å². The van der Waals surface area contributed by atoms with Gasteiger partial charge in [0.05, 0.1) is 37.6 Å². The predicted octanol–water partition coefficient (Wildman–Crippen LogP) is 5.71. The lowest BCUT2D eigenvalue weighted by atomic mass is 9.97. The molecule has 0 atom stereocenters. The maximum absolute atomic E-state index is 14.6. The highest BCUT2D eigenvalue weighted by Gasteiger charge is 2.25. The average Bonchev–Trinajstić information content (AvgIpc) is 3.08. The first-order chi connectivity index (χ1) is 22.8. The topological polar surface area (TPSA) is 96.9 Å². The summed E-state index contributed by atoms with van der Waals surface area (Å²) in [6.07, 6.45) is 3.48. The number of halogens is 2. The third kappa shape index (κ3) is 6.82. The van der Waals surface area contributed by atoms with Gasteiger partial charge in [0.25, 0.3) is 10.0 Å². The van der Waals surface area contributed by atoms with E-state index in [1.165, 1.54) is 5.56 Å². The van der Waals surface area contributed by atoms with E-state index in [1.54, 1.807) is 18.5 Å². The van der Waals surface area contributed by atoms with Crippen LogP contribution in [0.15, 0.2) is 90.1 Å². The number of anilines is 2. The van der Waals surface area contributed by atoms with E-state index >= 15 is 0 Å². The zero-order valence-electron chi connectivity index (χ0n) is 25.5. The second-order valence-electron chi connectivity index (χ2n) is 11.6. The highest BCUT2D eigenvalue weighted by Crippen LogP contribution is 2.35. The van der Waals surface area contributed by atoms with Crippen molar-refractivity contribution in [1.82, 2.24) is 14.9 Å². The second kappa shape index (κ2) is 13.3. The Balaban J connectivity index is 1.24. The minimum Gasteiger partial charge on any atom is -0.379 e. The van der Waals surface area contributed by atoms with Crippen LogP contribution in [0.2, 0.25) is 0 Å². The summed E-state index contributed by atoms with van der Waals surface area (Å²) in [7, 11) is -4.42. The molecule has 2 fully saturated rings. The summed E-state index contributed by atoms with van der Waals surface area (Å²) in [5.74, 6) is -1.66. The molecule has 0 radical (unpaired) electrons. The van der Waals surface area contributed by atoms with Crippen LogP contribution < -0.4 is 9.62 Å². The van der Waals surface area contributed by atoms with Gasteiger partial charge < -0.3 is 14.4 Å². The lowest BCUT2D eigenvalue weighted by Crippen LogP contribution is -2.37. The van der Waals surface area contributed by atoms with Crippen LogP contribution in [-0.2, 0) is 26.0 Å². The van der Waals surface area contributed by atoms with Gasteiger partial charge in [-0.05, 0) is 58.7 Å².